The van der Waals surface area contributed by atoms with Gasteiger partial charge in [-0.2, -0.15) is 0 Å². The number of benzene rings is 1. The summed E-state index contributed by atoms with van der Waals surface area (Å²) in [5.41, 5.74) is 6.13. The van der Waals surface area contributed by atoms with Crippen molar-refractivity contribution in [1.82, 2.24) is 16.2 Å². The number of halogens is 1. The summed E-state index contributed by atoms with van der Waals surface area (Å²) >= 11 is 8.40. The van der Waals surface area contributed by atoms with Crippen molar-refractivity contribution < 1.29 is 14.3 Å². The zero-order valence-electron chi connectivity index (χ0n) is 14.1. The maximum atomic E-state index is 12.0. The summed E-state index contributed by atoms with van der Waals surface area (Å²) in [6, 6.07) is 5.46. The van der Waals surface area contributed by atoms with E-state index in [0.29, 0.717) is 5.75 Å². The summed E-state index contributed by atoms with van der Waals surface area (Å²) in [4.78, 5) is 23.8. The van der Waals surface area contributed by atoms with Crippen LogP contribution in [0.3, 0.4) is 0 Å². The van der Waals surface area contributed by atoms with E-state index in [1.165, 1.54) is 6.42 Å². The molecule has 0 spiro atoms. The number of thiocarbonyl (C=S) groups is 1. The van der Waals surface area contributed by atoms with Crippen LogP contribution in [0.4, 0.5) is 0 Å². The summed E-state index contributed by atoms with van der Waals surface area (Å²) in [6.45, 7) is 1.77. The van der Waals surface area contributed by atoms with Gasteiger partial charge in [0, 0.05) is 10.4 Å². The molecule has 1 saturated carbocycles. The normalized spacial score (nSPS) is 14.5. The maximum absolute atomic E-state index is 12.0. The van der Waals surface area contributed by atoms with Gasteiger partial charge in [-0.05, 0) is 55.7 Å². The molecule has 0 aliphatic heterocycles. The second kappa shape index (κ2) is 9.72. The van der Waals surface area contributed by atoms with E-state index in [0.717, 1.165) is 35.7 Å². The molecule has 0 bridgehead atoms. The summed E-state index contributed by atoms with van der Waals surface area (Å²) in [6.07, 6.45) is 5.13. The van der Waals surface area contributed by atoms with Gasteiger partial charge in [0.05, 0.1) is 0 Å². The van der Waals surface area contributed by atoms with E-state index in [-0.39, 0.29) is 23.5 Å². The number of hydrazine groups is 1. The van der Waals surface area contributed by atoms with Crippen molar-refractivity contribution in [2.45, 2.75) is 39.0 Å². The summed E-state index contributed by atoms with van der Waals surface area (Å²) in [5, 5.41) is 2.51. The van der Waals surface area contributed by atoms with E-state index in [2.05, 4.69) is 32.1 Å². The molecule has 1 aliphatic carbocycles. The third-order valence-corrected chi connectivity index (χ3v) is 5.12. The number of hydrogen-bond donors (Lipinski definition) is 3. The maximum Gasteiger partial charge on any atom is 0.264 e. The molecule has 0 radical (unpaired) electrons. The van der Waals surface area contributed by atoms with Crippen LogP contribution in [-0.4, -0.2) is 23.5 Å². The van der Waals surface area contributed by atoms with Gasteiger partial charge in [0.25, 0.3) is 5.91 Å². The van der Waals surface area contributed by atoms with Crippen LogP contribution in [0.15, 0.2) is 22.7 Å². The van der Waals surface area contributed by atoms with Crippen LogP contribution in [0.2, 0.25) is 0 Å². The Morgan fingerprint density at radius 2 is 1.96 bits per heavy atom. The SMILES string of the molecule is Cc1cc(OCC(=O)NC(=S)NNC(=O)C2CCCCC2)ccc1Br. The highest BCUT2D eigenvalue weighted by Crippen LogP contribution is 2.23. The fourth-order valence-electron chi connectivity index (χ4n) is 2.64. The minimum absolute atomic E-state index is 0.0173. The molecule has 0 unspecified atom stereocenters. The first-order valence-corrected chi connectivity index (χ1v) is 9.44. The van der Waals surface area contributed by atoms with E-state index in [1.54, 1.807) is 6.07 Å². The predicted octanol–water partition coefficient (Wildman–Crippen LogP) is 2.74. The molecular weight excluding hydrogens is 406 g/mol. The molecule has 8 heteroatoms. The Balaban J connectivity index is 1.68. The van der Waals surface area contributed by atoms with E-state index in [4.69, 9.17) is 17.0 Å². The van der Waals surface area contributed by atoms with Crippen molar-refractivity contribution in [3.63, 3.8) is 0 Å². The zero-order chi connectivity index (χ0) is 18.2. The number of carbonyl (C=O) groups is 2. The topological polar surface area (TPSA) is 79.5 Å². The molecule has 3 N–H and O–H groups in total. The van der Waals surface area contributed by atoms with Gasteiger partial charge in [-0.3, -0.25) is 25.8 Å². The molecule has 1 aliphatic rings. The molecular formula is C17H22BrN3O3S. The molecule has 136 valence electrons. The number of nitrogens with one attached hydrogen (secondary N) is 3. The molecule has 1 aromatic carbocycles. The highest BCUT2D eigenvalue weighted by Gasteiger charge is 2.21. The molecule has 1 aromatic rings. The molecule has 1 fully saturated rings. The van der Waals surface area contributed by atoms with Crippen molar-refractivity contribution in [2.75, 3.05) is 6.61 Å². The molecule has 0 heterocycles. The molecule has 0 saturated heterocycles. The number of ether oxygens (including phenoxy) is 1. The van der Waals surface area contributed by atoms with Crippen LogP contribution >= 0.6 is 28.1 Å². The van der Waals surface area contributed by atoms with Gasteiger partial charge in [0.1, 0.15) is 5.75 Å². The van der Waals surface area contributed by atoms with E-state index in [1.807, 2.05) is 19.1 Å². The van der Waals surface area contributed by atoms with Crippen LogP contribution in [-0.2, 0) is 9.59 Å². The molecule has 2 rings (SSSR count). The van der Waals surface area contributed by atoms with Crippen LogP contribution in [0.1, 0.15) is 37.7 Å². The second-order valence-electron chi connectivity index (χ2n) is 6.03. The minimum Gasteiger partial charge on any atom is -0.484 e. The van der Waals surface area contributed by atoms with E-state index >= 15 is 0 Å². The number of hydrogen-bond acceptors (Lipinski definition) is 4. The average Bonchev–Trinajstić information content (AvgIpc) is 2.61. The van der Waals surface area contributed by atoms with Crippen molar-refractivity contribution >= 4 is 45.1 Å². The Labute approximate surface area is 161 Å². The lowest BCUT2D eigenvalue weighted by Gasteiger charge is -2.21. The Morgan fingerprint density at radius 3 is 2.64 bits per heavy atom. The lowest BCUT2D eigenvalue weighted by molar-refractivity contribution is -0.126. The van der Waals surface area contributed by atoms with Crippen molar-refractivity contribution in [3.05, 3.63) is 28.2 Å². The van der Waals surface area contributed by atoms with Gasteiger partial charge in [-0.15, -0.1) is 0 Å². The highest BCUT2D eigenvalue weighted by molar-refractivity contribution is 9.10. The van der Waals surface area contributed by atoms with Gasteiger partial charge in [0.2, 0.25) is 5.91 Å². The third-order valence-electron chi connectivity index (χ3n) is 4.03. The van der Waals surface area contributed by atoms with E-state index < -0.39 is 5.91 Å². The number of aryl methyl sites for hydroxylation is 1. The predicted molar refractivity (Wildman–Crippen MR) is 103 cm³/mol. The Hall–Kier alpha value is -1.67. The minimum atomic E-state index is -0.398. The van der Waals surface area contributed by atoms with Crippen molar-refractivity contribution in [3.8, 4) is 5.75 Å². The third kappa shape index (κ3) is 6.62. The molecule has 0 aromatic heterocycles. The molecule has 0 atom stereocenters. The van der Waals surface area contributed by atoms with Gasteiger partial charge in [0.15, 0.2) is 11.7 Å². The summed E-state index contributed by atoms with van der Waals surface area (Å²) < 4.78 is 6.39. The second-order valence-corrected chi connectivity index (χ2v) is 7.29. The monoisotopic (exact) mass is 427 g/mol. The first kappa shape index (κ1) is 19.7. The quantitative estimate of drug-likeness (QED) is 0.508. The van der Waals surface area contributed by atoms with E-state index in [9.17, 15) is 9.59 Å². The number of amides is 2. The first-order chi connectivity index (χ1) is 12.0. The van der Waals surface area contributed by atoms with Crippen LogP contribution in [0, 0.1) is 12.8 Å². The molecule has 25 heavy (non-hydrogen) atoms. The molecule has 2 amide bonds. The Bertz CT molecular complexity index is 648. The fraction of sp³-hybridized carbons (Fsp3) is 0.471. The first-order valence-electron chi connectivity index (χ1n) is 8.24. The zero-order valence-corrected chi connectivity index (χ0v) is 16.5. The fourth-order valence-corrected chi connectivity index (χ4v) is 3.05. The molecule has 6 nitrogen and oxygen atoms in total. The average molecular weight is 428 g/mol. The Morgan fingerprint density at radius 1 is 1.24 bits per heavy atom. The van der Waals surface area contributed by atoms with Crippen LogP contribution < -0.4 is 20.9 Å². The van der Waals surface area contributed by atoms with Crippen molar-refractivity contribution in [2.24, 2.45) is 5.92 Å². The van der Waals surface area contributed by atoms with Gasteiger partial charge >= 0.3 is 0 Å². The largest absolute Gasteiger partial charge is 0.484 e. The smallest absolute Gasteiger partial charge is 0.264 e. The lowest BCUT2D eigenvalue weighted by Crippen LogP contribution is -2.51. The van der Waals surface area contributed by atoms with Gasteiger partial charge < -0.3 is 4.74 Å². The summed E-state index contributed by atoms with van der Waals surface area (Å²) in [5.74, 6) is 0.131. The summed E-state index contributed by atoms with van der Waals surface area (Å²) in [7, 11) is 0. The number of carbonyl (C=O) groups excluding carboxylic acids is 2. The Kier molecular flexibility index (Phi) is 7.64. The standard InChI is InChI=1S/C17H22BrN3O3S/c1-11-9-13(7-8-14(11)18)24-10-15(22)19-17(25)21-20-16(23)12-5-3-2-4-6-12/h7-9,12H,2-6,10H2,1H3,(H,20,23)(H2,19,21,22,25). The van der Waals surface area contributed by atoms with Gasteiger partial charge in [-0.1, -0.05) is 35.2 Å². The van der Waals surface area contributed by atoms with Crippen LogP contribution in [0.5, 0.6) is 5.75 Å². The highest BCUT2D eigenvalue weighted by atomic mass is 79.9. The van der Waals surface area contributed by atoms with Crippen LogP contribution in [0.25, 0.3) is 0 Å². The van der Waals surface area contributed by atoms with Crippen molar-refractivity contribution in [1.29, 1.82) is 0 Å². The lowest BCUT2D eigenvalue weighted by atomic mass is 9.89. The number of rotatable bonds is 4. The van der Waals surface area contributed by atoms with Gasteiger partial charge in [-0.25, -0.2) is 0 Å².